The highest BCUT2D eigenvalue weighted by Gasteiger charge is 2.34. The van der Waals surface area contributed by atoms with Crippen LogP contribution in [0.3, 0.4) is 0 Å². The Hall–Kier alpha value is -0.730. The van der Waals surface area contributed by atoms with E-state index >= 15 is 0 Å². The van der Waals surface area contributed by atoms with Crippen molar-refractivity contribution < 1.29 is 30.3 Å². The number of carbonyl (C=O) groups excluding carboxylic acids is 1. The summed E-state index contributed by atoms with van der Waals surface area (Å²) in [6.07, 6.45) is -1.15. The summed E-state index contributed by atoms with van der Waals surface area (Å²) in [5, 5.41) is 49.2. The van der Waals surface area contributed by atoms with Crippen molar-refractivity contribution in [1.29, 1.82) is 0 Å². The maximum atomic E-state index is 11.8. The lowest BCUT2D eigenvalue weighted by Crippen LogP contribution is -2.53. The first-order valence-corrected chi connectivity index (χ1v) is 7.11. The number of aliphatic hydroxyl groups is 5. The number of carbonyl (C=O) groups is 1. The predicted molar refractivity (Wildman–Crippen MR) is 70.7 cm³/mol. The summed E-state index contributed by atoms with van der Waals surface area (Å²) in [4.78, 5) is 11.8. The van der Waals surface area contributed by atoms with Crippen molar-refractivity contribution in [3.8, 4) is 0 Å². The first kappa shape index (κ1) is 17.3. The molecule has 0 unspecified atom stereocenters. The lowest BCUT2D eigenvalue weighted by atomic mass is 10.0. The Morgan fingerprint density at radius 3 is 2.05 bits per heavy atom. The summed E-state index contributed by atoms with van der Waals surface area (Å²) >= 11 is 0. The zero-order valence-electron chi connectivity index (χ0n) is 11.5. The van der Waals surface area contributed by atoms with E-state index in [1.54, 1.807) is 0 Å². The van der Waals surface area contributed by atoms with Crippen LogP contribution in [0, 0.1) is 0 Å². The normalized spacial score (nSPS) is 23.4. The number of hydrogen-bond donors (Lipinski definition) is 6. The van der Waals surface area contributed by atoms with Crippen molar-refractivity contribution in [1.82, 2.24) is 5.32 Å². The molecule has 0 saturated heterocycles. The molecule has 1 saturated carbocycles. The van der Waals surface area contributed by atoms with Gasteiger partial charge in [0, 0.05) is 6.04 Å². The maximum Gasteiger partial charge on any atom is 0.251 e. The van der Waals surface area contributed by atoms with Gasteiger partial charge in [0.1, 0.15) is 18.3 Å². The number of rotatable bonds is 6. The van der Waals surface area contributed by atoms with Gasteiger partial charge in [-0.15, -0.1) is 0 Å². The fraction of sp³-hybridized carbons (Fsp3) is 0.923. The van der Waals surface area contributed by atoms with Crippen LogP contribution < -0.4 is 5.32 Å². The summed E-state index contributed by atoms with van der Waals surface area (Å²) in [5.74, 6) is -0.770. The zero-order chi connectivity index (χ0) is 15.1. The third kappa shape index (κ3) is 4.99. The molecule has 0 radical (unpaired) electrons. The number of hydrogen-bond acceptors (Lipinski definition) is 6. The molecule has 0 aromatic heterocycles. The van der Waals surface area contributed by atoms with Gasteiger partial charge >= 0.3 is 0 Å². The SMILES string of the molecule is O=C(NC1CCCCCC1)[C@H](O)[C@@H](O)[C@H](O)[C@H](O)CO. The summed E-state index contributed by atoms with van der Waals surface area (Å²) in [5.41, 5.74) is 0. The molecular weight excluding hydrogens is 266 g/mol. The van der Waals surface area contributed by atoms with Gasteiger partial charge in [0.25, 0.3) is 5.91 Å². The van der Waals surface area contributed by atoms with Gasteiger partial charge in [-0.3, -0.25) is 4.79 Å². The first-order chi connectivity index (χ1) is 9.47. The molecule has 4 atom stereocenters. The molecule has 0 aliphatic heterocycles. The Labute approximate surface area is 118 Å². The highest BCUT2D eigenvalue weighted by Crippen LogP contribution is 2.17. The quantitative estimate of drug-likeness (QED) is 0.322. The van der Waals surface area contributed by atoms with Crippen LogP contribution >= 0.6 is 0 Å². The lowest BCUT2D eigenvalue weighted by molar-refractivity contribution is -0.149. The summed E-state index contributed by atoms with van der Waals surface area (Å²) in [6.45, 7) is -0.769. The average molecular weight is 291 g/mol. The summed E-state index contributed by atoms with van der Waals surface area (Å²) in [7, 11) is 0. The topological polar surface area (TPSA) is 130 Å². The number of nitrogens with one attached hydrogen (secondary N) is 1. The minimum Gasteiger partial charge on any atom is -0.394 e. The van der Waals surface area contributed by atoms with Crippen molar-refractivity contribution in [2.24, 2.45) is 0 Å². The Morgan fingerprint density at radius 1 is 1.00 bits per heavy atom. The van der Waals surface area contributed by atoms with Gasteiger partial charge in [-0.2, -0.15) is 0 Å². The van der Waals surface area contributed by atoms with Crippen LogP contribution in [0.2, 0.25) is 0 Å². The second kappa shape index (κ2) is 8.53. The molecule has 7 heteroatoms. The molecule has 1 fully saturated rings. The Kier molecular flexibility index (Phi) is 7.39. The molecule has 1 aliphatic carbocycles. The van der Waals surface area contributed by atoms with Crippen LogP contribution in [0.4, 0.5) is 0 Å². The Bertz CT molecular complexity index is 293. The van der Waals surface area contributed by atoms with Gasteiger partial charge in [0.2, 0.25) is 0 Å². The minimum absolute atomic E-state index is 0.0354. The molecule has 1 aliphatic rings. The third-order valence-electron chi connectivity index (χ3n) is 3.72. The molecule has 0 heterocycles. The number of aliphatic hydroxyl groups excluding tert-OH is 5. The average Bonchev–Trinajstić information content (AvgIpc) is 2.72. The molecule has 1 amide bonds. The molecule has 20 heavy (non-hydrogen) atoms. The van der Waals surface area contributed by atoms with E-state index in [0.29, 0.717) is 0 Å². The van der Waals surface area contributed by atoms with E-state index in [-0.39, 0.29) is 6.04 Å². The molecular formula is C13H25NO6. The highest BCUT2D eigenvalue weighted by atomic mass is 16.4. The standard InChI is InChI=1S/C13H25NO6/c15-7-9(16)10(17)11(18)12(19)13(20)14-8-5-3-1-2-4-6-8/h8-12,15-19H,1-7H2,(H,14,20)/t9-,10-,11+,12-/m1/s1. The Morgan fingerprint density at radius 2 is 1.55 bits per heavy atom. The molecule has 0 bridgehead atoms. The third-order valence-corrected chi connectivity index (χ3v) is 3.72. The van der Waals surface area contributed by atoms with Crippen LogP contribution in [-0.2, 0) is 4.79 Å². The van der Waals surface area contributed by atoms with Gasteiger partial charge in [0.15, 0.2) is 6.10 Å². The fourth-order valence-corrected chi connectivity index (χ4v) is 2.39. The molecule has 0 aromatic carbocycles. The number of amides is 1. The second-order valence-corrected chi connectivity index (χ2v) is 5.37. The molecule has 7 nitrogen and oxygen atoms in total. The van der Waals surface area contributed by atoms with Gasteiger partial charge in [0.05, 0.1) is 6.61 Å². The minimum atomic E-state index is -1.84. The predicted octanol–water partition coefficient (Wildman–Crippen LogP) is -1.74. The van der Waals surface area contributed by atoms with Gasteiger partial charge in [-0.25, -0.2) is 0 Å². The van der Waals surface area contributed by atoms with Gasteiger partial charge in [-0.05, 0) is 12.8 Å². The van der Waals surface area contributed by atoms with E-state index in [4.69, 9.17) is 5.11 Å². The van der Waals surface area contributed by atoms with Crippen LogP contribution in [-0.4, -0.2) is 68.5 Å². The largest absolute Gasteiger partial charge is 0.394 e. The molecule has 0 spiro atoms. The molecule has 0 aromatic rings. The van der Waals surface area contributed by atoms with Crippen molar-refractivity contribution in [2.45, 2.75) is 69.0 Å². The monoisotopic (exact) mass is 291 g/mol. The van der Waals surface area contributed by atoms with Crippen molar-refractivity contribution >= 4 is 5.91 Å². The van der Waals surface area contributed by atoms with Crippen molar-refractivity contribution in [3.63, 3.8) is 0 Å². The van der Waals surface area contributed by atoms with E-state index in [0.717, 1.165) is 38.5 Å². The highest BCUT2D eigenvalue weighted by molar-refractivity contribution is 5.81. The van der Waals surface area contributed by atoms with Crippen molar-refractivity contribution in [2.75, 3.05) is 6.61 Å². The Balaban J connectivity index is 2.48. The van der Waals surface area contributed by atoms with E-state index < -0.39 is 36.9 Å². The molecule has 6 N–H and O–H groups in total. The van der Waals surface area contributed by atoms with Crippen LogP contribution in [0.25, 0.3) is 0 Å². The maximum absolute atomic E-state index is 11.8. The lowest BCUT2D eigenvalue weighted by Gasteiger charge is -2.26. The zero-order valence-corrected chi connectivity index (χ0v) is 11.5. The van der Waals surface area contributed by atoms with Crippen molar-refractivity contribution in [3.05, 3.63) is 0 Å². The second-order valence-electron chi connectivity index (χ2n) is 5.37. The van der Waals surface area contributed by atoms with Crippen LogP contribution in [0.15, 0.2) is 0 Å². The van der Waals surface area contributed by atoms with E-state index in [1.807, 2.05) is 0 Å². The first-order valence-electron chi connectivity index (χ1n) is 7.11. The van der Waals surface area contributed by atoms with Gasteiger partial charge in [-0.1, -0.05) is 25.7 Å². The summed E-state index contributed by atoms with van der Waals surface area (Å²) in [6, 6.07) is -0.0354. The van der Waals surface area contributed by atoms with E-state index in [9.17, 15) is 25.2 Å². The fourth-order valence-electron chi connectivity index (χ4n) is 2.39. The summed E-state index contributed by atoms with van der Waals surface area (Å²) < 4.78 is 0. The van der Waals surface area contributed by atoms with E-state index in [2.05, 4.69) is 5.32 Å². The van der Waals surface area contributed by atoms with E-state index in [1.165, 1.54) is 0 Å². The molecule has 1 rings (SSSR count). The van der Waals surface area contributed by atoms with Crippen LogP contribution in [0.5, 0.6) is 0 Å². The smallest absolute Gasteiger partial charge is 0.251 e. The molecule has 118 valence electrons. The van der Waals surface area contributed by atoms with Gasteiger partial charge < -0.3 is 30.8 Å². The van der Waals surface area contributed by atoms with Crippen LogP contribution in [0.1, 0.15) is 38.5 Å².